The van der Waals surface area contributed by atoms with Crippen molar-refractivity contribution < 1.29 is 19.4 Å². The van der Waals surface area contributed by atoms with E-state index in [1.165, 1.54) is 7.11 Å². The highest BCUT2D eigenvalue weighted by Crippen LogP contribution is 2.39. The standard InChI is InChI=1S/C40H44ClN7O4/c1-24-29(6-4-8-31(24)44-37-36-28(14-17-42-37)20-26(23-49)21-43-36)30-7-5-9-32(35(30)41)46-39(50)38-45-33-22-48(19-16-34(33)47(38)2)18-15-25-10-12-27(13-11-25)40(51)52-3/h4-9,14,17,20-21,25,27,49H,10-13,15-16,18-19,22-23H2,1-3H3,(H,42,44)(H,46,50). The average Bonchev–Trinajstić information content (AvgIpc) is 3.50. The quantitative estimate of drug-likeness (QED) is 0.128. The van der Waals surface area contributed by atoms with Gasteiger partial charge in [-0.05, 0) is 92.4 Å². The molecule has 1 amide bonds. The van der Waals surface area contributed by atoms with Crippen LogP contribution in [0.4, 0.5) is 17.2 Å². The van der Waals surface area contributed by atoms with Crippen molar-refractivity contribution in [1.29, 1.82) is 0 Å². The number of carbonyl (C=O) groups excluding carboxylic acids is 2. The Morgan fingerprint density at radius 3 is 2.58 bits per heavy atom. The van der Waals surface area contributed by atoms with Gasteiger partial charge in [0.2, 0.25) is 0 Å². The Kier molecular flexibility index (Phi) is 10.5. The van der Waals surface area contributed by atoms with Crippen LogP contribution >= 0.6 is 11.6 Å². The van der Waals surface area contributed by atoms with Crippen molar-refractivity contribution in [2.24, 2.45) is 18.9 Å². The van der Waals surface area contributed by atoms with E-state index in [2.05, 4.69) is 25.5 Å². The van der Waals surface area contributed by atoms with Crippen molar-refractivity contribution in [2.75, 3.05) is 30.8 Å². The van der Waals surface area contributed by atoms with E-state index in [0.29, 0.717) is 40.3 Å². The van der Waals surface area contributed by atoms with Gasteiger partial charge in [-0.3, -0.25) is 19.5 Å². The van der Waals surface area contributed by atoms with E-state index in [-0.39, 0.29) is 24.4 Å². The fourth-order valence-electron chi connectivity index (χ4n) is 7.68. The summed E-state index contributed by atoms with van der Waals surface area (Å²) in [6.45, 7) is 4.54. The number of amides is 1. The van der Waals surface area contributed by atoms with Gasteiger partial charge in [0.15, 0.2) is 11.6 Å². The van der Waals surface area contributed by atoms with Gasteiger partial charge in [-0.15, -0.1) is 0 Å². The molecule has 0 saturated heterocycles. The van der Waals surface area contributed by atoms with E-state index >= 15 is 0 Å². The number of benzene rings is 2. The first-order valence-electron chi connectivity index (χ1n) is 17.9. The van der Waals surface area contributed by atoms with E-state index in [0.717, 1.165) is 96.3 Å². The number of hydrogen-bond donors (Lipinski definition) is 3. The van der Waals surface area contributed by atoms with Crippen molar-refractivity contribution in [2.45, 2.75) is 58.6 Å². The molecule has 1 fully saturated rings. The summed E-state index contributed by atoms with van der Waals surface area (Å²) in [5.41, 5.74) is 7.46. The Morgan fingerprint density at radius 2 is 1.81 bits per heavy atom. The van der Waals surface area contributed by atoms with Gasteiger partial charge < -0.3 is 25.0 Å². The maximum Gasteiger partial charge on any atom is 0.308 e. The lowest BCUT2D eigenvalue weighted by Gasteiger charge is -2.31. The lowest BCUT2D eigenvalue weighted by Crippen LogP contribution is -2.33. The van der Waals surface area contributed by atoms with Crippen LogP contribution in [0, 0.1) is 18.8 Å². The van der Waals surface area contributed by atoms with Gasteiger partial charge in [0.1, 0.15) is 5.52 Å². The van der Waals surface area contributed by atoms with Crippen molar-refractivity contribution in [3.63, 3.8) is 0 Å². The first-order valence-corrected chi connectivity index (χ1v) is 18.3. The molecule has 1 aliphatic heterocycles. The Balaban J connectivity index is 1.03. The number of nitrogens with one attached hydrogen (secondary N) is 2. The zero-order valence-electron chi connectivity index (χ0n) is 29.8. The highest BCUT2D eigenvalue weighted by molar-refractivity contribution is 6.36. The van der Waals surface area contributed by atoms with E-state index < -0.39 is 0 Å². The first-order chi connectivity index (χ1) is 25.2. The normalized spacial score (nSPS) is 17.5. The molecule has 0 spiro atoms. The number of ether oxygens (including phenoxy) is 1. The molecular formula is C40H44ClN7O4. The summed E-state index contributed by atoms with van der Waals surface area (Å²) < 4.78 is 6.85. The molecule has 11 nitrogen and oxygen atoms in total. The molecule has 270 valence electrons. The summed E-state index contributed by atoms with van der Waals surface area (Å²) in [6.07, 6.45) is 9.23. The van der Waals surface area contributed by atoms with Crippen LogP contribution in [-0.2, 0) is 36.2 Å². The Bertz CT molecular complexity index is 2130. The number of fused-ring (bicyclic) bond motifs is 2. The van der Waals surface area contributed by atoms with Crippen LogP contribution < -0.4 is 10.6 Å². The van der Waals surface area contributed by atoms with E-state index in [1.54, 1.807) is 18.5 Å². The molecule has 3 aromatic heterocycles. The number of aliphatic hydroxyl groups excluding tert-OH is 1. The SMILES string of the molecule is COC(=O)C1CCC(CCN2CCc3c(nc(C(=O)Nc4cccc(-c5cccc(Nc6nccc7cc(CO)cnc67)c5C)c4Cl)n3C)C2)CC1. The predicted molar refractivity (Wildman–Crippen MR) is 203 cm³/mol. The fraction of sp³-hybridized carbons (Fsp3) is 0.375. The van der Waals surface area contributed by atoms with Crippen LogP contribution in [0.15, 0.2) is 60.9 Å². The lowest BCUT2D eigenvalue weighted by molar-refractivity contribution is -0.146. The number of aromatic nitrogens is 4. The van der Waals surface area contributed by atoms with Gasteiger partial charge in [0.05, 0.1) is 36.0 Å². The van der Waals surface area contributed by atoms with Gasteiger partial charge in [0.25, 0.3) is 5.91 Å². The molecule has 12 heteroatoms. The molecule has 2 aromatic carbocycles. The largest absolute Gasteiger partial charge is 0.469 e. The van der Waals surface area contributed by atoms with Crippen LogP contribution in [0.2, 0.25) is 5.02 Å². The number of pyridine rings is 2. The third-order valence-corrected chi connectivity index (χ3v) is 11.1. The number of rotatable bonds is 10. The molecule has 4 heterocycles. The smallest absolute Gasteiger partial charge is 0.308 e. The summed E-state index contributed by atoms with van der Waals surface area (Å²) in [5.74, 6) is 1.25. The topological polar surface area (TPSA) is 134 Å². The maximum absolute atomic E-state index is 13.7. The minimum Gasteiger partial charge on any atom is -0.469 e. The third-order valence-electron chi connectivity index (χ3n) is 10.7. The number of anilines is 3. The van der Waals surface area contributed by atoms with Crippen molar-refractivity contribution in [3.05, 3.63) is 94.3 Å². The molecule has 1 aliphatic carbocycles. The van der Waals surface area contributed by atoms with Gasteiger partial charge >= 0.3 is 5.97 Å². The Morgan fingerprint density at radius 1 is 1.04 bits per heavy atom. The molecule has 0 radical (unpaired) electrons. The molecule has 2 aliphatic rings. The van der Waals surface area contributed by atoms with Gasteiger partial charge in [-0.1, -0.05) is 35.9 Å². The number of hydrogen-bond acceptors (Lipinski definition) is 9. The third kappa shape index (κ3) is 7.26. The van der Waals surface area contributed by atoms with Crippen LogP contribution in [0.5, 0.6) is 0 Å². The van der Waals surface area contributed by atoms with Crippen LogP contribution in [0.1, 0.15) is 65.2 Å². The average molecular weight is 722 g/mol. The van der Waals surface area contributed by atoms with Crippen molar-refractivity contribution in [3.8, 4) is 11.1 Å². The minimum absolute atomic E-state index is 0.0484. The van der Waals surface area contributed by atoms with Crippen LogP contribution in [-0.4, -0.2) is 61.6 Å². The van der Waals surface area contributed by atoms with E-state index in [9.17, 15) is 14.7 Å². The molecule has 0 unspecified atom stereocenters. The summed E-state index contributed by atoms with van der Waals surface area (Å²) >= 11 is 7.02. The number of carbonyl (C=O) groups is 2. The summed E-state index contributed by atoms with van der Waals surface area (Å²) in [7, 11) is 3.38. The Labute approximate surface area is 308 Å². The van der Waals surface area contributed by atoms with Crippen LogP contribution in [0.25, 0.3) is 22.0 Å². The number of aliphatic hydroxyl groups is 1. The van der Waals surface area contributed by atoms with Crippen molar-refractivity contribution >= 4 is 51.6 Å². The van der Waals surface area contributed by atoms with Gasteiger partial charge in [0, 0.05) is 61.3 Å². The Hall–Kier alpha value is -4.84. The molecule has 1 saturated carbocycles. The number of methoxy groups -OCH3 is 1. The number of halogens is 1. The van der Waals surface area contributed by atoms with Gasteiger partial charge in [-0.25, -0.2) is 9.97 Å². The first kappa shape index (κ1) is 35.6. The van der Waals surface area contributed by atoms with Gasteiger partial charge in [-0.2, -0.15) is 0 Å². The number of nitrogens with zero attached hydrogens (tertiary/aromatic N) is 5. The summed E-state index contributed by atoms with van der Waals surface area (Å²) in [5, 5.41) is 17.3. The molecule has 0 atom stereocenters. The number of imidazole rings is 1. The molecule has 5 aromatic rings. The van der Waals surface area contributed by atoms with Crippen molar-refractivity contribution in [1.82, 2.24) is 24.4 Å². The molecule has 3 N–H and O–H groups in total. The fourth-order valence-corrected chi connectivity index (χ4v) is 7.96. The second-order valence-electron chi connectivity index (χ2n) is 13.9. The van der Waals surface area contributed by atoms with E-state index in [1.807, 2.05) is 61.0 Å². The highest BCUT2D eigenvalue weighted by Gasteiger charge is 2.29. The zero-order chi connectivity index (χ0) is 36.4. The molecule has 52 heavy (non-hydrogen) atoms. The molecule has 7 rings (SSSR count). The highest BCUT2D eigenvalue weighted by atomic mass is 35.5. The van der Waals surface area contributed by atoms with Crippen LogP contribution in [0.3, 0.4) is 0 Å². The summed E-state index contributed by atoms with van der Waals surface area (Å²) in [6, 6.07) is 15.3. The molecular weight excluding hydrogens is 678 g/mol. The second-order valence-corrected chi connectivity index (χ2v) is 14.3. The monoisotopic (exact) mass is 721 g/mol. The zero-order valence-corrected chi connectivity index (χ0v) is 30.5. The maximum atomic E-state index is 13.7. The predicted octanol–water partition coefficient (Wildman–Crippen LogP) is 7.21. The molecule has 0 bridgehead atoms. The van der Waals surface area contributed by atoms with E-state index in [4.69, 9.17) is 21.3 Å². The lowest BCUT2D eigenvalue weighted by atomic mass is 9.80. The minimum atomic E-state index is -0.309. The summed E-state index contributed by atoms with van der Waals surface area (Å²) in [4.78, 5) is 41.9. The number of esters is 1. The second kappa shape index (κ2) is 15.4.